The quantitative estimate of drug-likeness (QED) is 0.110. The summed E-state index contributed by atoms with van der Waals surface area (Å²) in [5.74, 6) is -0.0572. The average molecular weight is 399 g/mol. The molecule has 28 heavy (non-hydrogen) atoms. The first-order valence-electron chi connectivity index (χ1n) is 12.0. The molecule has 4 heteroatoms. The molecule has 0 bridgehead atoms. The maximum absolute atomic E-state index is 12.2. The molecule has 0 rings (SSSR count). The van der Waals surface area contributed by atoms with Gasteiger partial charge in [0.15, 0.2) is 0 Å². The molecule has 0 saturated carbocycles. The Morgan fingerprint density at radius 1 is 0.714 bits per heavy atom. The zero-order valence-electron chi connectivity index (χ0n) is 18.7. The van der Waals surface area contributed by atoms with Crippen molar-refractivity contribution in [3.8, 4) is 0 Å². The van der Waals surface area contributed by atoms with E-state index in [2.05, 4.69) is 18.6 Å². The number of carbonyl (C=O) groups is 2. The number of ether oxygens (including phenoxy) is 2. The maximum atomic E-state index is 12.2. The predicted octanol–water partition coefficient (Wildman–Crippen LogP) is 7.13. The standard InChI is InChI=1S/C24H46O4/c1-3-5-7-9-11-14-18-23(19-15-12-10-8-6-4-2)28-24(26)20-16-13-17-21-27-22-25/h22-23H,3-21H2,1-2H3. The highest BCUT2D eigenvalue weighted by molar-refractivity contribution is 5.69. The van der Waals surface area contributed by atoms with Crippen molar-refractivity contribution in [1.29, 1.82) is 0 Å². The van der Waals surface area contributed by atoms with Crippen molar-refractivity contribution in [1.82, 2.24) is 0 Å². The fourth-order valence-electron chi connectivity index (χ4n) is 3.49. The second-order valence-electron chi connectivity index (χ2n) is 8.00. The SMILES string of the molecule is CCCCCCCCC(CCCCCCCC)OC(=O)CCCCCOC=O. The highest BCUT2D eigenvalue weighted by Gasteiger charge is 2.14. The van der Waals surface area contributed by atoms with E-state index in [1.165, 1.54) is 77.0 Å². The minimum absolute atomic E-state index is 0.0572. The van der Waals surface area contributed by atoms with Crippen LogP contribution in [0.25, 0.3) is 0 Å². The lowest BCUT2D eigenvalue weighted by Crippen LogP contribution is -2.18. The van der Waals surface area contributed by atoms with Crippen molar-refractivity contribution >= 4 is 12.4 Å². The number of carbonyl (C=O) groups excluding carboxylic acids is 2. The monoisotopic (exact) mass is 398 g/mol. The second kappa shape index (κ2) is 22.2. The molecule has 4 nitrogen and oxygen atoms in total. The summed E-state index contributed by atoms with van der Waals surface area (Å²) in [6.07, 6.45) is 20.4. The molecule has 0 unspecified atom stereocenters. The summed E-state index contributed by atoms with van der Waals surface area (Å²) in [6, 6.07) is 0. The Labute approximate surface area is 174 Å². The minimum Gasteiger partial charge on any atom is -0.468 e. The topological polar surface area (TPSA) is 52.6 Å². The van der Waals surface area contributed by atoms with Gasteiger partial charge in [0.05, 0.1) is 6.61 Å². The molecule has 0 fully saturated rings. The molecule has 0 aliphatic rings. The molecular formula is C24H46O4. The fourth-order valence-corrected chi connectivity index (χ4v) is 3.49. The normalized spacial score (nSPS) is 11.0. The Kier molecular flexibility index (Phi) is 21.4. The van der Waals surface area contributed by atoms with Crippen molar-refractivity contribution in [2.24, 2.45) is 0 Å². The van der Waals surface area contributed by atoms with Gasteiger partial charge in [0.1, 0.15) is 6.10 Å². The van der Waals surface area contributed by atoms with Gasteiger partial charge in [0.25, 0.3) is 6.47 Å². The lowest BCUT2D eigenvalue weighted by atomic mass is 10.0. The van der Waals surface area contributed by atoms with Crippen LogP contribution in [0, 0.1) is 0 Å². The third-order valence-electron chi connectivity index (χ3n) is 5.27. The smallest absolute Gasteiger partial charge is 0.306 e. The summed E-state index contributed by atoms with van der Waals surface area (Å²) < 4.78 is 10.5. The molecule has 0 amide bonds. The molecule has 0 aliphatic heterocycles. The van der Waals surface area contributed by atoms with Crippen LogP contribution < -0.4 is 0 Å². The van der Waals surface area contributed by atoms with E-state index in [4.69, 9.17) is 4.74 Å². The highest BCUT2D eigenvalue weighted by atomic mass is 16.5. The van der Waals surface area contributed by atoms with Crippen molar-refractivity contribution < 1.29 is 19.1 Å². The lowest BCUT2D eigenvalue weighted by Gasteiger charge is -2.18. The first-order valence-corrected chi connectivity index (χ1v) is 12.0. The van der Waals surface area contributed by atoms with Crippen molar-refractivity contribution in [3.63, 3.8) is 0 Å². The van der Waals surface area contributed by atoms with Crippen molar-refractivity contribution in [2.75, 3.05) is 6.61 Å². The van der Waals surface area contributed by atoms with Crippen molar-refractivity contribution in [3.05, 3.63) is 0 Å². The Hall–Kier alpha value is -1.06. The largest absolute Gasteiger partial charge is 0.468 e. The molecule has 0 aromatic heterocycles. The van der Waals surface area contributed by atoms with E-state index in [0.29, 0.717) is 19.5 Å². The van der Waals surface area contributed by atoms with Gasteiger partial charge in [0, 0.05) is 6.42 Å². The van der Waals surface area contributed by atoms with Crippen LogP contribution in [0.3, 0.4) is 0 Å². The molecule has 166 valence electrons. The molecule has 0 aromatic rings. The van der Waals surface area contributed by atoms with Gasteiger partial charge in [-0.05, 0) is 44.9 Å². The Morgan fingerprint density at radius 3 is 1.75 bits per heavy atom. The Balaban J connectivity index is 4.00. The summed E-state index contributed by atoms with van der Waals surface area (Å²) in [6.45, 7) is 5.40. The van der Waals surface area contributed by atoms with Gasteiger partial charge in [-0.25, -0.2) is 0 Å². The molecule has 0 radical (unpaired) electrons. The summed E-state index contributed by atoms with van der Waals surface area (Å²) in [7, 11) is 0. The maximum Gasteiger partial charge on any atom is 0.306 e. The molecule has 0 heterocycles. The Bertz CT molecular complexity index is 327. The molecule has 0 N–H and O–H groups in total. The number of rotatable bonds is 22. The lowest BCUT2D eigenvalue weighted by molar-refractivity contribution is -0.150. The minimum atomic E-state index is -0.0572. The average Bonchev–Trinajstić information content (AvgIpc) is 2.69. The molecule has 0 aromatic carbocycles. The van der Waals surface area contributed by atoms with E-state index >= 15 is 0 Å². The molecule has 0 atom stereocenters. The van der Waals surface area contributed by atoms with Crippen LogP contribution in [-0.2, 0) is 19.1 Å². The van der Waals surface area contributed by atoms with Crippen LogP contribution in [0.1, 0.15) is 129 Å². The molecular weight excluding hydrogens is 352 g/mol. The third-order valence-corrected chi connectivity index (χ3v) is 5.27. The van der Waals surface area contributed by atoms with E-state index in [1.54, 1.807) is 0 Å². The Morgan fingerprint density at radius 2 is 1.21 bits per heavy atom. The van der Waals surface area contributed by atoms with E-state index in [9.17, 15) is 9.59 Å². The van der Waals surface area contributed by atoms with Gasteiger partial charge in [-0.15, -0.1) is 0 Å². The van der Waals surface area contributed by atoms with Crippen LogP contribution in [0.5, 0.6) is 0 Å². The number of hydrogen-bond acceptors (Lipinski definition) is 4. The van der Waals surface area contributed by atoms with E-state index in [-0.39, 0.29) is 12.1 Å². The summed E-state index contributed by atoms with van der Waals surface area (Å²) in [5, 5.41) is 0. The summed E-state index contributed by atoms with van der Waals surface area (Å²) in [5.41, 5.74) is 0. The van der Waals surface area contributed by atoms with E-state index in [1.807, 2.05) is 0 Å². The number of esters is 1. The van der Waals surface area contributed by atoms with Crippen LogP contribution >= 0.6 is 0 Å². The van der Waals surface area contributed by atoms with Gasteiger partial charge in [-0.3, -0.25) is 9.59 Å². The molecule has 0 saturated heterocycles. The molecule has 0 spiro atoms. The zero-order chi connectivity index (χ0) is 20.7. The second-order valence-corrected chi connectivity index (χ2v) is 8.00. The van der Waals surface area contributed by atoms with Crippen LogP contribution in [0.4, 0.5) is 0 Å². The first kappa shape index (κ1) is 26.9. The predicted molar refractivity (Wildman–Crippen MR) is 116 cm³/mol. The summed E-state index contributed by atoms with van der Waals surface area (Å²) in [4.78, 5) is 22.3. The van der Waals surface area contributed by atoms with Crippen LogP contribution in [-0.4, -0.2) is 25.2 Å². The van der Waals surface area contributed by atoms with Crippen LogP contribution in [0.2, 0.25) is 0 Å². The van der Waals surface area contributed by atoms with E-state index < -0.39 is 0 Å². The van der Waals surface area contributed by atoms with Crippen LogP contribution in [0.15, 0.2) is 0 Å². The van der Waals surface area contributed by atoms with Gasteiger partial charge in [0.2, 0.25) is 0 Å². The van der Waals surface area contributed by atoms with Crippen molar-refractivity contribution in [2.45, 2.75) is 136 Å². The third kappa shape index (κ3) is 19.7. The highest BCUT2D eigenvalue weighted by Crippen LogP contribution is 2.18. The first-order chi connectivity index (χ1) is 13.7. The zero-order valence-corrected chi connectivity index (χ0v) is 18.7. The van der Waals surface area contributed by atoms with E-state index in [0.717, 1.165) is 32.1 Å². The molecule has 0 aliphatic carbocycles. The van der Waals surface area contributed by atoms with Gasteiger partial charge >= 0.3 is 5.97 Å². The number of hydrogen-bond donors (Lipinski definition) is 0. The summed E-state index contributed by atoms with van der Waals surface area (Å²) >= 11 is 0. The van der Waals surface area contributed by atoms with Gasteiger partial charge in [-0.1, -0.05) is 78.1 Å². The van der Waals surface area contributed by atoms with Gasteiger partial charge in [-0.2, -0.15) is 0 Å². The van der Waals surface area contributed by atoms with Gasteiger partial charge < -0.3 is 9.47 Å². The number of unbranched alkanes of at least 4 members (excludes halogenated alkanes) is 12. The fraction of sp³-hybridized carbons (Fsp3) is 0.917.